The van der Waals surface area contributed by atoms with Crippen LogP contribution in [0.1, 0.15) is 17.0 Å². The molecule has 0 fully saturated rings. The Hall–Kier alpha value is -2.25. The lowest BCUT2D eigenvalue weighted by atomic mass is 10.2. The van der Waals surface area contributed by atoms with Gasteiger partial charge in [0, 0.05) is 25.5 Å². The van der Waals surface area contributed by atoms with Crippen molar-refractivity contribution < 1.29 is 0 Å². The molecule has 2 rings (SSSR count). The van der Waals surface area contributed by atoms with Gasteiger partial charge in [-0.15, -0.1) is 0 Å². The lowest BCUT2D eigenvalue weighted by Gasteiger charge is -2.04. The van der Waals surface area contributed by atoms with E-state index in [-0.39, 0.29) is 0 Å². The number of nitriles is 1. The first kappa shape index (κ1) is 11.2. The van der Waals surface area contributed by atoms with Gasteiger partial charge >= 0.3 is 0 Å². The van der Waals surface area contributed by atoms with E-state index in [1.807, 2.05) is 30.3 Å². The van der Waals surface area contributed by atoms with Crippen molar-refractivity contribution in [3.05, 3.63) is 59.7 Å². The number of nitrogens with zero attached hydrogens (tertiary/aromatic N) is 3. The van der Waals surface area contributed by atoms with E-state index in [4.69, 9.17) is 5.26 Å². The van der Waals surface area contributed by atoms with Crippen LogP contribution in [-0.4, -0.2) is 9.97 Å². The molecular formula is C13H12N4. The van der Waals surface area contributed by atoms with E-state index in [0.717, 1.165) is 11.3 Å². The van der Waals surface area contributed by atoms with E-state index in [1.165, 1.54) is 0 Å². The molecule has 2 aromatic rings. The van der Waals surface area contributed by atoms with Gasteiger partial charge in [0.15, 0.2) is 0 Å². The minimum Gasteiger partial charge on any atom is -0.307 e. The average molecular weight is 224 g/mol. The Balaban J connectivity index is 1.88. The van der Waals surface area contributed by atoms with Gasteiger partial charge < -0.3 is 5.32 Å². The summed E-state index contributed by atoms with van der Waals surface area (Å²) in [6, 6.07) is 11.5. The summed E-state index contributed by atoms with van der Waals surface area (Å²) in [7, 11) is 0. The van der Waals surface area contributed by atoms with E-state index < -0.39 is 0 Å². The van der Waals surface area contributed by atoms with Crippen molar-refractivity contribution in [1.29, 1.82) is 5.26 Å². The van der Waals surface area contributed by atoms with Gasteiger partial charge in [0.1, 0.15) is 11.8 Å². The van der Waals surface area contributed by atoms with Crippen molar-refractivity contribution >= 4 is 0 Å². The minimum atomic E-state index is 0.446. The topological polar surface area (TPSA) is 61.6 Å². The lowest BCUT2D eigenvalue weighted by molar-refractivity contribution is 0.679. The quantitative estimate of drug-likeness (QED) is 0.857. The first-order valence-corrected chi connectivity index (χ1v) is 5.34. The highest BCUT2D eigenvalue weighted by Gasteiger charge is 1.97. The number of hydrogen-bond acceptors (Lipinski definition) is 4. The van der Waals surface area contributed by atoms with Gasteiger partial charge in [-0.05, 0) is 29.8 Å². The summed E-state index contributed by atoms with van der Waals surface area (Å²) in [4.78, 5) is 8.14. The fourth-order valence-electron chi connectivity index (χ4n) is 1.48. The second kappa shape index (κ2) is 5.73. The maximum absolute atomic E-state index is 8.72. The zero-order valence-corrected chi connectivity index (χ0v) is 9.30. The summed E-state index contributed by atoms with van der Waals surface area (Å²) >= 11 is 0. The van der Waals surface area contributed by atoms with E-state index >= 15 is 0 Å². The van der Waals surface area contributed by atoms with Crippen molar-refractivity contribution in [3.8, 4) is 6.07 Å². The van der Waals surface area contributed by atoms with E-state index in [9.17, 15) is 0 Å². The third kappa shape index (κ3) is 3.37. The van der Waals surface area contributed by atoms with Gasteiger partial charge in [0.25, 0.3) is 0 Å². The van der Waals surface area contributed by atoms with E-state index in [1.54, 1.807) is 18.5 Å². The Morgan fingerprint density at radius 2 is 2.06 bits per heavy atom. The molecule has 0 aliphatic rings. The maximum atomic E-state index is 8.72. The van der Waals surface area contributed by atoms with E-state index in [0.29, 0.717) is 18.8 Å². The SMILES string of the molecule is N#Cc1cc(CNCc2ccccn2)ccn1. The van der Waals surface area contributed by atoms with Crippen molar-refractivity contribution in [3.63, 3.8) is 0 Å². The summed E-state index contributed by atoms with van der Waals surface area (Å²) in [6.07, 6.45) is 3.42. The molecule has 0 aliphatic carbocycles. The molecule has 0 saturated carbocycles. The van der Waals surface area contributed by atoms with Gasteiger partial charge in [0.05, 0.1) is 5.69 Å². The molecule has 0 aromatic carbocycles. The van der Waals surface area contributed by atoms with Crippen LogP contribution < -0.4 is 5.32 Å². The summed E-state index contributed by atoms with van der Waals surface area (Å²) in [5.41, 5.74) is 2.50. The molecule has 17 heavy (non-hydrogen) atoms. The smallest absolute Gasteiger partial charge is 0.140 e. The molecule has 0 unspecified atom stereocenters. The molecule has 4 heteroatoms. The third-order valence-corrected chi connectivity index (χ3v) is 2.30. The monoisotopic (exact) mass is 224 g/mol. The van der Waals surface area contributed by atoms with Gasteiger partial charge in [-0.25, -0.2) is 4.98 Å². The highest BCUT2D eigenvalue weighted by Crippen LogP contribution is 2.01. The summed E-state index contributed by atoms with van der Waals surface area (Å²) < 4.78 is 0. The normalized spacial score (nSPS) is 9.82. The second-order valence-corrected chi connectivity index (χ2v) is 3.59. The fraction of sp³-hybridized carbons (Fsp3) is 0.154. The zero-order valence-electron chi connectivity index (χ0n) is 9.30. The van der Waals surface area contributed by atoms with Gasteiger partial charge in [-0.2, -0.15) is 5.26 Å². The maximum Gasteiger partial charge on any atom is 0.140 e. The largest absolute Gasteiger partial charge is 0.307 e. The van der Waals surface area contributed by atoms with Crippen LogP contribution >= 0.6 is 0 Å². The fourth-order valence-corrected chi connectivity index (χ4v) is 1.48. The van der Waals surface area contributed by atoms with Crippen LogP contribution in [0.3, 0.4) is 0 Å². The molecule has 2 heterocycles. The Morgan fingerprint density at radius 3 is 2.82 bits per heavy atom. The van der Waals surface area contributed by atoms with Crippen LogP contribution in [0.5, 0.6) is 0 Å². The average Bonchev–Trinajstić information content (AvgIpc) is 2.40. The molecule has 0 bridgehead atoms. The van der Waals surface area contributed by atoms with Crippen LogP contribution in [0, 0.1) is 11.3 Å². The first-order chi connectivity index (χ1) is 8.38. The Kier molecular flexibility index (Phi) is 3.79. The Morgan fingerprint density at radius 1 is 1.12 bits per heavy atom. The van der Waals surface area contributed by atoms with Crippen LogP contribution in [0.25, 0.3) is 0 Å². The summed E-state index contributed by atoms with van der Waals surface area (Å²) in [5.74, 6) is 0. The molecule has 4 nitrogen and oxygen atoms in total. The van der Waals surface area contributed by atoms with Crippen LogP contribution in [-0.2, 0) is 13.1 Å². The Labute approximate surface area is 100.0 Å². The molecule has 0 radical (unpaired) electrons. The second-order valence-electron chi connectivity index (χ2n) is 3.59. The van der Waals surface area contributed by atoms with Crippen LogP contribution in [0.4, 0.5) is 0 Å². The van der Waals surface area contributed by atoms with Gasteiger partial charge in [0.2, 0.25) is 0 Å². The van der Waals surface area contributed by atoms with Crippen molar-refractivity contribution in [2.24, 2.45) is 0 Å². The number of aromatic nitrogens is 2. The third-order valence-electron chi connectivity index (χ3n) is 2.30. The highest BCUT2D eigenvalue weighted by atomic mass is 14.9. The van der Waals surface area contributed by atoms with Gasteiger partial charge in [-0.3, -0.25) is 4.98 Å². The summed E-state index contributed by atoms with van der Waals surface area (Å²) in [6.45, 7) is 1.42. The Bertz CT molecular complexity index is 516. The zero-order chi connectivity index (χ0) is 11.9. The molecule has 0 amide bonds. The molecule has 84 valence electrons. The summed E-state index contributed by atoms with van der Waals surface area (Å²) in [5, 5.41) is 12.0. The van der Waals surface area contributed by atoms with Crippen molar-refractivity contribution in [2.75, 3.05) is 0 Å². The molecule has 0 spiro atoms. The number of pyridine rings is 2. The molecule has 0 aliphatic heterocycles. The molecule has 2 aromatic heterocycles. The minimum absolute atomic E-state index is 0.446. The molecule has 0 atom stereocenters. The van der Waals surface area contributed by atoms with Crippen LogP contribution in [0.2, 0.25) is 0 Å². The number of rotatable bonds is 4. The predicted octanol–water partition coefficient (Wildman–Crippen LogP) is 1.64. The molecule has 0 saturated heterocycles. The van der Waals surface area contributed by atoms with Gasteiger partial charge in [-0.1, -0.05) is 6.07 Å². The predicted molar refractivity (Wildman–Crippen MR) is 63.7 cm³/mol. The molecule has 1 N–H and O–H groups in total. The standard InChI is InChI=1S/C13H12N4/c14-8-13-7-11(4-6-17-13)9-15-10-12-3-1-2-5-16-12/h1-7,15H,9-10H2. The number of hydrogen-bond donors (Lipinski definition) is 1. The first-order valence-electron chi connectivity index (χ1n) is 5.34. The van der Waals surface area contributed by atoms with Crippen molar-refractivity contribution in [1.82, 2.24) is 15.3 Å². The highest BCUT2D eigenvalue weighted by molar-refractivity contribution is 5.25. The number of nitrogens with one attached hydrogen (secondary N) is 1. The van der Waals surface area contributed by atoms with Crippen molar-refractivity contribution in [2.45, 2.75) is 13.1 Å². The molecular weight excluding hydrogens is 212 g/mol. The van der Waals surface area contributed by atoms with Crippen LogP contribution in [0.15, 0.2) is 42.7 Å². The van der Waals surface area contributed by atoms with E-state index in [2.05, 4.69) is 15.3 Å². The lowest BCUT2D eigenvalue weighted by Crippen LogP contribution is -2.13.